The van der Waals surface area contributed by atoms with Crippen LogP contribution in [0.3, 0.4) is 0 Å². The number of thioether (sulfide) groups is 1. The second-order valence-electron chi connectivity index (χ2n) is 3.63. The quantitative estimate of drug-likeness (QED) is 0.589. The van der Waals surface area contributed by atoms with Gasteiger partial charge in [-0.1, -0.05) is 28.1 Å². The highest BCUT2D eigenvalue weighted by Crippen LogP contribution is 2.12. The fourth-order valence-corrected chi connectivity index (χ4v) is 2.23. The zero-order chi connectivity index (χ0) is 14.1. The Bertz CT molecular complexity index is 477. The number of hydrogen-bond acceptors (Lipinski definition) is 3. The van der Waals surface area contributed by atoms with Crippen LogP contribution in [0.1, 0.15) is 5.56 Å². The van der Waals surface area contributed by atoms with Gasteiger partial charge in [-0.3, -0.25) is 9.59 Å². The van der Waals surface area contributed by atoms with E-state index in [0.717, 1.165) is 10.0 Å². The molecule has 2 N–H and O–H groups in total. The first-order chi connectivity index (χ1) is 9.08. The van der Waals surface area contributed by atoms with Gasteiger partial charge in [0.25, 0.3) is 0 Å². The van der Waals surface area contributed by atoms with E-state index in [-0.39, 0.29) is 11.7 Å². The van der Waals surface area contributed by atoms with Gasteiger partial charge in [0.1, 0.15) is 0 Å². The van der Waals surface area contributed by atoms with Gasteiger partial charge in [-0.2, -0.15) is 0 Å². The summed E-state index contributed by atoms with van der Waals surface area (Å²) in [6.45, 7) is 0.458. The molecule has 1 aromatic rings. The number of carbonyl (C=O) groups excluding carboxylic acids is 1. The number of carboxylic acids is 1. The van der Waals surface area contributed by atoms with Gasteiger partial charge in [0, 0.05) is 22.8 Å². The van der Waals surface area contributed by atoms with Gasteiger partial charge >= 0.3 is 5.97 Å². The van der Waals surface area contributed by atoms with Gasteiger partial charge in [0.15, 0.2) is 0 Å². The Morgan fingerprint density at radius 3 is 2.89 bits per heavy atom. The monoisotopic (exact) mass is 343 g/mol. The molecule has 0 fully saturated rings. The molecule has 0 aliphatic carbocycles. The number of halogens is 1. The highest BCUT2D eigenvalue weighted by atomic mass is 79.9. The molecule has 1 aromatic carbocycles. The van der Waals surface area contributed by atoms with Crippen LogP contribution < -0.4 is 5.32 Å². The summed E-state index contributed by atoms with van der Waals surface area (Å²) in [7, 11) is 0. The van der Waals surface area contributed by atoms with E-state index in [1.165, 1.54) is 17.8 Å². The summed E-state index contributed by atoms with van der Waals surface area (Å²) in [5, 5.41) is 11.1. The zero-order valence-corrected chi connectivity index (χ0v) is 12.5. The van der Waals surface area contributed by atoms with Crippen molar-refractivity contribution < 1.29 is 14.7 Å². The van der Waals surface area contributed by atoms with E-state index in [0.29, 0.717) is 12.3 Å². The summed E-state index contributed by atoms with van der Waals surface area (Å²) in [5.74, 6) is -0.381. The van der Waals surface area contributed by atoms with Gasteiger partial charge in [0.05, 0.1) is 5.75 Å². The molecular weight excluding hydrogens is 330 g/mol. The zero-order valence-electron chi connectivity index (χ0n) is 10.1. The Morgan fingerprint density at radius 2 is 2.21 bits per heavy atom. The molecule has 0 saturated carbocycles. The van der Waals surface area contributed by atoms with Crippen molar-refractivity contribution in [1.82, 2.24) is 5.32 Å². The Hall–Kier alpha value is -1.27. The maximum atomic E-state index is 11.5. The van der Waals surface area contributed by atoms with Gasteiger partial charge in [0.2, 0.25) is 5.91 Å². The third kappa shape index (κ3) is 7.69. The molecule has 0 atom stereocenters. The molecular formula is C13H14BrNO3S. The second-order valence-corrected chi connectivity index (χ2v) is 5.65. The number of hydrogen-bond donors (Lipinski definition) is 2. The number of rotatable bonds is 7. The van der Waals surface area contributed by atoms with Crippen LogP contribution in [0.2, 0.25) is 0 Å². The molecule has 1 rings (SSSR count). The summed E-state index contributed by atoms with van der Waals surface area (Å²) in [5.41, 5.74) is 0.935. The molecule has 0 bridgehead atoms. The summed E-state index contributed by atoms with van der Waals surface area (Å²) in [4.78, 5) is 21.7. The van der Waals surface area contributed by atoms with Crippen LogP contribution in [0.15, 0.2) is 34.8 Å². The minimum absolute atomic E-state index is 0.0593. The molecule has 0 unspecified atom stereocenters. The highest BCUT2D eigenvalue weighted by molar-refractivity contribution is 9.10. The third-order valence-electron chi connectivity index (χ3n) is 2.05. The molecule has 4 nitrogen and oxygen atoms in total. The molecule has 0 spiro atoms. The van der Waals surface area contributed by atoms with Crippen LogP contribution in [0.25, 0.3) is 6.08 Å². The van der Waals surface area contributed by atoms with Gasteiger partial charge < -0.3 is 10.4 Å². The molecule has 1 amide bonds. The van der Waals surface area contributed by atoms with Gasteiger partial charge in [-0.25, -0.2) is 0 Å². The van der Waals surface area contributed by atoms with Gasteiger partial charge in [-0.15, -0.1) is 11.8 Å². The van der Waals surface area contributed by atoms with Crippen molar-refractivity contribution in [3.8, 4) is 0 Å². The maximum absolute atomic E-state index is 11.5. The topological polar surface area (TPSA) is 66.4 Å². The number of carbonyl (C=O) groups is 2. The predicted octanol–water partition coefficient (Wildman–Crippen LogP) is 2.40. The number of aliphatic carboxylic acids is 1. The van der Waals surface area contributed by atoms with Crippen LogP contribution in [-0.2, 0) is 9.59 Å². The predicted molar refractivity (Wildman–Crippen MR) is 81.1 cm³/mol. The standard InChI is InChI=1S/C13H14BrNO3S/c14-11-3-1-2-10(8-11)4-5-12(16)15-6-7-19-9-13(17)18/h1-5,8H,6-7,9H2,(H,15,16)(H,17,18)/b5-4+. The fraction of sp³-hybridized carbons (Fsp3) is 0.231. The summed E-state index contributed by atoms with van der Waals surface area (Å²) < 4.78 is 0.958. The van der Waals surface area contributed by atoms with Crippen molar-refractivity contribution in [2.45, 2.75) is 0 Å². The van der Waals surface area contributed by atoms with Crippen LogP contribution in [-0.4, -0.2) is 35.0 Å². The molecule has 0 heterocycles. The van der Waals surface area contributed by atoms with Crippen molar-refractivity contribution in [1.29, 1.82) is 0 Å². The number of nitrogens with one attached hydrogen (secondary N) is 1. The summed E-state index contributed by atoms with van der Waals surface area (Å²) in [6, 6.07) is 7.62. The van der Waals surface area contributed by atoms with Crippen molar-refractivity contribution in [2.75, 3.05) is 18.1 Å². The summed E-state index contributed by atoms with van der Waals surface area (Å²) in [6.07, 6.45) is 3.19. The lowest BCUT2D eigenvalue weighted by molar-refractivity contribution is -0.133. The number of carboxylic acid groups (broad SMARTS) is 1. The molecule has 0 aromatic heterocycles. The lowest BCUT2D eigenvalue weighted by Gasteiger charge is -2.00. The van der Waals surface area contributed by atoms with Crippen LogP contribution >= 0.6 is 27.7 Å². The number of amides is 1. The van der Waals surface area contributed by atoms with E-state index in [1.807, 2.05) is 24.3 Å². The molecule has 0 aliphatic rings. The van der Waals surface area contributed by atoms with Crippen LogP contribution in [0.5, 0.6) is 0 Å². The van der Waals surface area contributed by atoms with E-state index in [4.69, 9.17) is 5.11 Å². The van der Waals surface area contributed by atoms with Crippen molar-refractivity contribution >= 4 is 45.6 Å². The molecule has 0 aliphatic heterocycles. The van der Waals surface area contributed by atoms with Crippen LogP contribution in [0, 0.1) is 0 Å². The first-order valence-electron chi connectivity index (χ1n) is 5.59. The van der Waals surface area contributed by atoms with E-state index in [2.05, 4.69) is 21.2 Å². The first kappa shape index (κ1) is 15.8. The maximum Gasteiger partial charge on any atom is 0.313 e. The average molecular weight is 344 g/mol. The SMILES string of the molecule is O=C(O)CSCCNC(=O)/C=C/c1cccc(Br)c1. The molecule has 19 heavy (non-hydrogen) atoms. The lowest BCUT2D eigenvalue weighted by Crippen LogP contribution is -2.23. The summed E-state index contributed by atoms with van der Waals surface area (Å²) >= 11 is 4.63. The third-order valence-corrected chi connectivity index (χ3v) is 3.48. The lowest BCUT2D eigenvalue weighted by atomic mass is 10.2. The fourth-order valence-electron chi connectivity index (χ4n) is 1.25. The molecule has 0 radical (unpaired) electrons. The van der Waals surface area contributed by atoms with E-state index in [9.17, 15) is 9.59 Å². The van der Waals surface area contributed by atoms with Crippen molar-refractivity contribution in [2.24, 2.45) is 0 Å². The smallest absolute Gasteiger partial charge is 0.313 e. The largest absolute Gasteiger partial charge is 0.481 e. The Morgan fingerprint density at radius 1 is 1.42 bits per heavy atom. The minimum Gasteiger partial charge on any atom is -0.481 e. The van der Waals surface area contributed by atoms with Crippen molar-refractivity contribution in [3.63, 3.8) is 0 Å². The number of benzene rings is 1. The Kier molecular flexibility index (Phi) is 7.28. The highest BCUT2D eigenvalue weighted by Gasteiger charge is 1.98. The first-order valence-corrected chi connectivity index (χ1v) is 7.54. The average Bonchev–Trinajstić information content (AvgIpc) is 2.35. The second kappa shape index (κ2) is 8.77. The normalized spacial score (nSPS) is 10.6. The van der Waals surface area contributed by atoms with Crippen molar-refractivity contribution in [3.05, 3.63) is 40.4 Å². The van der Waals surface area contributed by atoms with Crippen LogP contribution in [0.4, 0.5) is 0 Å². The van der Waals surface area contributed by atoms with Gasteiger partial charge in [-0.05, 0) is 23.8 Å². The molecule has 6 heteroatoms. The molecule has 102 valence electrons. The molecule has 0 saturated heterocycles. The Balaban J connectivity index is 2.25. The Labute approximate surface area is 124 Å². The van der Waals surface area contributed by atoms with E-state index >= 15 is 0 Å². The van der Waals surface area contributed by atoms with E-state index in [1.54, 1.807) is 6.08 Å². The van der Waals surface area contributed by atoms with E-state index < -0.39 is 5.97 Å². The minimum atomic E-state index is -0.842.